The Bertz CT molecular complexity index is 802. The highest BCUT2D eigenvalue weighted by atomic mass is 16.5. The third-order valence-corrected chi connectivity index (χ3v) is 10.9. The van der Waals surface area contributed by atoms with Crippen LogP contribution < -0.4 is 0 Å². The van der Waals surface area contributed by atoms with Gasteiger partial charge in [-0.15, -0.1) is 0 Å². The van der Waals surface area contributed by atoms with Crippen molar-refractivity contribution in [2.75, 3.05) is 6.61 Å². The minimum atomic E-state index is -0.825. The summed E-state index contributed by atoms with van der Waals surface area (Å²) in [5, 5.41) is 10.2. The van der Waals surface area contributed by atoms with Crippen LogP contribution in [-0.4, -0.2) is 23.7 Å². The summed E-state index contributed by atoms with van der Waals surface area (Å²) in [6.45, 7) is 7.22. The molecular formula is C48H90O4. The van der Waals surface area contributed by atoms with Crippen LogP contribution >= 0.6 is 0 Å². The highest BCUT2D eigenvalue weighted by molar-refractivity contribution is 5.81. The van der Waals surface area contributed by atoms with E-state index >= 15 is 0 Å². The number of ether oxygens (including phenoxy) is 1. The number of carbonyl (C=O) groups is 2. The standard InChI is InChI=1S/C48H90O4/c1-4-7-10-13-16-19-22-24-26-28-30-33-36-39-42-45(47(49)50)46(48(51)52-44-41-38-35-32-21-18-15-12-9-6-3)43-40-37-34-31-29-27-25-23-20-17-14-11-8-5-2/h24-27,45-46H,4-23,28-44H2,1-3H3,(H,49,50)/b26-24-,27-25-. The van der Waals surface area contributed by atoms with Gasteiger partial charge in [0.1, 0.15) is 0 Å². The Labute approximate surface area is 325 Å². The summed E-state index contributed by atoms with van der Waals surface area (Å²) in [5.74, 6) is -2.25. The van der Waals surface area contributed by atoms with Crippen LogP contribution in [-0.2, 0) is 14.3 Å². The molecule has 1 N–H and O–H groups in total. The van der Waals surface area contributed by atoms with E-state index in [9.17, 15) is 14.7 Å². The van der Waals surface area contributed by atoms with Gasteiger partial charge in [-0.3, -0.25) is 9.59 Å². The molecule has 306 valence electrons. The van der Waals surface area contributed by atoms with E-state index in [1.807, 2.05) is 0 Å². The molecule has 4 nitrogen and oxygen atoms in total. The quantitative estimate of drug-likeness (QED) is 0.0386. The molecule has 0 spiro atoms. The first-order valence-corrected chi connectivity index (χ1v) is 23.3. The average Bonchev–Trinajstić information content (AvgIpc) is 3.14. The Morgan fingerprint density at radius 1 is 0.404 bits per heavy atom. The van der Waals surface area contributed by atoms with Crippen molar-refractivity contribution in [2.24, 2.45) is 11.8 Å². The van der Waals surface area contributed by atoms with E-state index in [1.54, 1.807) is 0 Å². The van der Waals surface area contributed by atoms with E-state index in [1.165, 1.54) is 141 Å². The van der Waals surface area contributed by atoms with Crippen molar-refractivity contribution >= 4 is 11.9 Å². The maximum atomic E-state index is 13.4. The van der Waals surface area contributed by atoms with Gasteiger partial charge in [-0.05, 0) is 70.6 Å². The summed E-state index contributed by atoms with van der Waals surface area (Å²) in [4.78, 5) is 25.9. The molecule has 0 saturated heterocycles. The molecule has 0 rings (SSSR count). The second kappa shape index (κ2) is 42.2. The van der Waals surface area contributed by atoms with Crippen LogP contribution in [0.1, 0.15) is 252 Å². The Hall–Kier alpha value is -1.58. The molecule has 52 heavy (non-hydrogen) atoms. The second-order valence-electron chi connectivity index (χ2n) is 15.9. The molecule has 2 atom stereocenters. The number of carbonyl (C=O) groups excluding carboxylic acids is 1. The SMILES string of the molecule is CCCCCCCC/C=C\CCCCCCC(C(=O)O)C(CCCCCC/C=C\CCCCCCCC)C(=O)OCCCCCCCCCCCC. The summed E-state index contributed by atoms with van der Waals surface area (Å²) in [6.07, 6.45) is 52.2. The molecular weight excluding hydrogens is 641 g/mol. The lowest BCUT2D eigenvalue weighted by Gasteiger charge is -2.23. The van der Waals surface area contributed by atoms with E-state index in [0.29, 0.717) is 19.4 Å². The van der Waals surface area contributed by atoms with Gasteiger partial charge in [-0.25, -0.2) is 0 Å². The monoisotopic (exact) mass is 731 g/mol. The molecule has 0 aliphatic carbocycles. The van der Waals surface area contributed by atoms with Crippen molar-refractivity contribution in [1.82, 2.24) is 0 Å². The fourth-order valence-electron chi connectivity index (χ4n) is 7.37. The van der Waals surface area contributed by atoms with Crippen LogP contribution in [0.25, 0.3) is 0 Å². The molecule has 4 heteroatoms. The van der Waals surface area contributed by atoms with E-state index in [0.717, 1.165) is 77.0 Å². The molecule has 0 aliphatic heterocycles. The van der Waals surface area contributed by atoms with Gasteiger partial charge in [0, 0.05) is 0 Å². The van der Waals surface area contributed by atoms with Crippen molar-refractivity contribution in [3.63, 3.8) is 0 Å². The minimum absolute atomic E-state index is 0.267. The van der Waals surface area contributed by atoms with Gasteiger partial charge in [-0.2, -0.15) is 0 Å². The number of unbranched alkanes of at least 4 members (excludes halogenated alkanes) is 29. The van der Waals surface area contributed by atoms with Crippen molar-refractivity contribution in [3.8, 4) is 0 Å². The molecule has 0 fully saturated rings. The summed E-state index contributed by atoms with van der Waals surface area (Å²) in [7, 11) is 0. The predicted octanol–water partition coefficient (Wildman–Crippen LogP) is 16.1. The zero-order chi connectivity index (χ0) is 38.0. The van der Waals surface area contributed by atoms with Crippen LogP contribution in [0.5, 0.6) is 0 Å². The normalized spacial score (nSPS) is 13.0. The Morgan fingerprint density at radius 3 is 1.04 bits per heavy atom. The molecule has 0 radical (unpaired) electrons. The molecule has 2 unspecified atom stereocenters. The molecule has 0 amide bonds. The molecule has 0 aromatic heterocycles. The third kappa shape index (κ3) is 35.4. The number of esters is 1. The lowest BCUT2D eigenvalue weighted by atomic mass is 9.83. The maximum absolute atomic E-state index is 13.4. The van der Waals surface area contributed by atoms with Gasteiger partial charge in [0.15, 0.2) is 0 Å². The van der Waals surface area contributed by atoms with Gasteiger partial charge >= 0.3 is 11.9 Å². The van der Waals surface area contributed by atoms with E-state index in [-0.39, 0.29) is 5.97 Å². The van der Waals surface area contributed by atoms with Gasteiger partial charge in [-0.1, -0.05) is 206 Å². The fourth-order valence-corrected chi connectivity index (χ4v) is 7.37. The first kappa shape index (κ1) is 50.4. The topological polar surface area (TPSA) is 63.6 Å². The smallest absolute Gasteiger partial charge is 0.309 e. The number of aliphatic carboxylic acids is 1. The van der Waals surface area contributed by atoms with Crippen LogP contribution in [0.2, 0.25) is 0 Å². The van der Waals surface area contributed by atoms with E-state index < -0.39 is 17.8 Å². The lowest BCUT2D eigenvalue weighted by molar-refractivity contribution is -0.158. The minimum Gasteiger partial charge on any atom is -0.481 e. The third-order valence-electron chi connectivity index (χ3n) is 10.9. The number of carboxylic acid groups (broad SMARTS) is 1. The highest BCUT2D eigenvalue weighted by Crippen LogP contribution is 2.27. The van der Waals surface area contributed by atoms with Crippen LogP contribution in [0.4, 0.5) is 0 Å². The summed E-state index contributed by atoms with van der Waals surface area (Å²) in [6, 6.07) is 0. The van der Waals surface area contributed by atoms with Crippen LogP contribution in [0, 0.1) is 11.8 Å². The number of allylic oxidation sites excluding steroid dienone is 4. The van der Waals surface area contributed by atoms with Crippen molar-refractivity contribution < 1.29 is 19.4 Å². The zero-order valence-corrected chi connectivity index (χ0v) is 35.3. The summed E-state index contributed by atoms with van der Waals surface area (Å²) < 4.78 is 5.78. The molecule has 0 saturated carbocycles. The number of carboxylic acids is 1. The summed E-state index contributed by atoms with van der Waals surface area (Å²) in [5.41, 5.74) is 0. The maximum Gasteiger partial charge on any atom is 0.309 e. The summed E-state index contributed by atoms with van der Waals surface area (Å²) >= 11 is 0. The van der Waals surface area contributed by atoms with Gasteiger partial charge in [0.25, 0.3) is 0 Å². The fraction of sp³-hybridized carbons (Fsp3) is 0.875. The van der Waals surface area contributed by atoms with E-state index in [4.69, 9.17) is 4.74 Å². The highest BCUT2D eigenvalue weighted by Gasteiger charge is 2.34. The zero-order valence-electron chi connectivity index (χ0n) is 35.3. The lowest BCUT2D eigenvalue weighted by Crippen LogP contribution is -2.31. The molecule has 0 heterocycles. The molecule has 0 bridgehead atoms. The first-order valence-electron chi connectivity index (χ1n) is 23.3. The van der Waals surface area contributed by atoms with Crippen molar-refractivity contribution in [1.29, 1.82) is 0 Å². The first-order chi connectivity index (χ1) is 25.6. The molecule has 0 aromatic rings. The van der Waals surface area contributed by atoms with Gasteiger partial charge < -0.3 is 9.84 Å². The van der Waals surface area contributed by atoms with Crippen LogP contribution in [0.3, 0.4) is 0 Å². The number of hydrogen-bond acceptors (Lipinski definition) is 3. The number of rotatable bonds is 42. The largest absolute Gasteiger partial charge is 0.481 e. The van der Waals surface area contributed by atoms with Crippen LogP contribution in [0.15, 0.2) is 24.3 Å². The predicted molar refractivity (Wildman–Crippen MR) is 227 cm³/mol. The van der Waals surface area contributed by atoms with Gasteiger partial charge in [0.2, 0.25) is 0 Å². The van der Waals surface area contributed by atoms with Crippen molar-refractivity contribution in [3.05, 3.63) is 24.3 Å². The Kier molecular flexibility index (Phi) is 40.9. The Morgan fingerprint density at radius 2 is 0.692 bits per heavy atom. The van der Waals surface area contributed by atoms with Crippen molar-refractivity contribution in [2.45, 2.75) is 252 Å². The number of hydrogen-bond donors (Lipinski definition) is 1. The second-order valence-corrected chi connectivity index (χ2v) is 15.9. The average molecular weight is 731 g/mol. The molecule has 0 aliphatic rings. The van der Waals surface area contributed by atoms with E-state index in [2.05, 4.69) is 45.1 Å². The van der Waals surface area contributed by atoms with Gasteiger partial charge in [0.05, 0.1) is 18.4 Å². The Balaban J connectivity index is 4.57. The molecule has 0 aromatic carbocycles.